The third-order valence-corrected chi connectivity index (χ3v) is 5.60. The van der Waals surface area contributed by atoms with Crippen molar-refractivity contribution in [2.45, 2.75) is 32.4 Å². The van der Waals surface area contributed by atoms with Gasteiger partial charge in [0.1, 0.15) is 6.10 Å². The van der Waals surface area contributed by atoms with Crippen molar-refractivity contribution in [2.24, 2.45) is 0 Å². The van der Waals surface area contributed by atoms with Crippen LogP contribution >= 0.6 is 11.3 Å². The van der Waals surface area contributed by atoms with Gasteiger partial charge < -0.3 is 19.7 Å². The van der Waals surface area contributed by atoms with E-state index >= 15 is 0 Å². The number of methoxy groups -OCH3 is 1. The van der Waals surface area contributed by atoms with Crippen molar-refractivity contribution in [3.63, 3.8) is 0 Å². The zero-order valence-electron chi connectivity index (χ0n) is 15.6. The lowest BCUT2D eigenvalue weighted by Gasteiger charge is -2.29. The van der Waals surface area contributed by atoms with Crippen LogP contribution in [-0.4, -0.2) is 44.2 Å². The lowest BCUT2D eigenvalue weighted by atomic mass is 10.1. The van der Waals surface area contributed by atoms with Crippen LogP contribution < -0.4 is 14.8 Å². The van der Waals surface area contributed by atoms with Gasteiger partial charge in [-0.05, 0) is 57.1 Å². The fourth-order valence-electron chi connectivity index (χ4n) is 3.04. The van der Waals surface area contributed by atoms with E-state index in [0.29, 0.717) is 23.6 Å². The predicted molar refractivity (Wildman–Crippen MR) is 104 cm³/mol. The third-order valence-electron chi connectivity index (χ3n) is 4.60. The Labute approximate surface area is 158 Å². The maximum Gasteiger partial charge on any atom is 0.251 e. The third kappa shape index (κ3) is 4.77. The van der Waals surface area contributed by atoms with Gasteiger partial charge in [-0.25, -0.2) is 0 Å². The number of carbonyl (C=O) groups excluding carboxylic acids is 1. The number of likely N-dealkylation sites (tertiary alicyclic amines) is 1. The Morgan fingerprint density at radius 3 is 2.65 bits per heavy atom. The minimum absolute atomic E-state index is 0.111. The van der Waals surface area contributed by atoms with E-state index in [9.17, 15) is 4.79 Å². The molecule has 0 spiro atoms. The van der Waals surface area contributed by atoms with Gasteiger partial charge in [-0.2, -0.15) is 0 Å². The zero-order chi connectivity index (χ0) is 18.5. The molecular weight excluding hydrogens is 348 g/mol. The van der Waals surface area contributed by atoms with Crippen molar-refractivity contribution in [3.05, 3.63) is 45.6 Å². The molecule has 1 N–H and O–H groups in total. The van der Waals surface area contributed by atoms with Crippen LogP contribution in [-0.2, 0) is 6.54 Å². The molecule has 1 aromatic heterocycles. The molecule has 1 fully saturated rings. The number of ether oxygens (including phenoxy) is 2. The summed E-state index contributed by atoms with van der Waals surface area (Å²) in [6.45, 7) is 4.67. The molecule has 1 aromatic carbocycles. The van der Waals surface area contributed by atoms with E-state index in [1.54, 1.807) is 30.6 Å². The first-order valence-electron chi connectivity index (χ1n) is 8.92. The number of aryl methyl sites for hydroxylation is 1. The first-order valence-corrected chi connectivity index (χ1v) is 9.73. The Kier molecular flexibility index (Phi) is 6.16. The Morgan fingerprint density at radius 2 is 2.00 bits per heavy atom. The summed E-state index contributed by atoms with van der Waals surface area (Å²) in [4.78, 5) is 17.1. The van der Waals surface area contributed by atoms with E-state index in [0.717, 1.165) is 30.8 Å². The van der Waals surface area contributed by atoms with Crippen molar-refractivity contribution < 1.29 is 14.3 Å². The summed E-state index contributed by atoms with van der Waals surface area (Å²) >= 11 is 1.69. The summed E-state index contributed by atoms with van der Waals surface area (Å²) in [5.74, 6) is 1.19. The minimum Gasteiger partial charge on any atom is -0.493 e. The molecule has 0 unspecified atom stereocenters. The number of hydrogen-bond acceptors (Lipinski definition) is 5. The molecule has 0 atom stereocenters. The van der Waals surface area contributed by atoms with Gasteiger partial charge in [-0.15, -0.1) is 11.3 Å². The summed E-state index contributed by atoms with van der Waals surface area (Å²) in [6, 6.07) is 9.48. The first-order chi connectivity index (χ1) is 12.5. The highest BCUT2D eigenvalue weighted by molar-refractivity contribution is 7.11. The number of hydrogen-bond donors (Lipinski definition) is 1. The molecular formula is C20H26N2O3S. The van der Waals surface area contributed by atoms with Crippen LogP contribution in [0, 0.1) is 6.92 Å². The summed E-state index contributed by atoms with van der Waals surface area (Å²) in [7, 11) is 3.73. The van der Waals surface area contributed by atoms with Gasteiger partial charge >= 0.3 is 0 Å². The molecule has 0 bridgehead atoms. The van der Waals surface area contributed by atoms with Gasteiger partial charge in [-0.1, -0.05) is 0 Å². The van der Waals surface area contributed by atoms with Crippen LogP contribution in [0.3, 0.4) is 0 Å². The van der Waals surface area contributed by atoms with E-state index in [4.69, 9.17) is 9.47 Å². The monoisotopic (exact) mass is 374 g/mol. The fourth-order valence-corrected chi connectivity index (χ4v) is 3.87. The standard InChI is InChI=1S/C20H26N2O3S/c1-14-4-6-17(26-14)13-21-20(23)15-5-7-18(19(12-15)24-3)25-16-8-10-22(2)11-9-16/h4-7,12,16H,8-11,13H2,1-3H3,(H,21,23). The van der Waals surface area contributed by atoms with Crippen molar-refractivity contribution >= 4 is 17.2 Å². The predicted octanol–water partition coefficient (Wildman–Crippen LogP) is 3.47. The average molecular weight is 375 g/mol. The smallest absolute Gasteiger partial charge is 0.251 e. The van der Waals surface area contributed by atoms with Gasteiger partial charge in [0.2, 0.25) is 0 Å². The number of rotatable bonds is 6. The van der Waals surface area contributed by atoms with Gasteiger partial charge in [0.05, 0.1) is 13.7 Å². The van der Waals surface area contributed by atoms with E-state index in [1.165, 1.54) is 4.88 Å². The Morgan fingerprint density at radius 1 is 1.23 bits per heavy atom. The first kappa shape index (κ1) is 18.7. The minimum atomic E-state index is -0.111. The molecule has 2 aromatic rings. The van der Waals surface area contributed by atoms with E-state index in [2.05, 4.69) is 30.3 Å². The summed E-state index contributed by atoms with van der Waals surface area (Å²) in [5, 5.41) is 2.96. The van der Waals surface area contributed by atoms with Gasteiger partial charge in [-0.3, -0.25) is 4.79 Å². The van der Waals surface area contributed by atoms with E-state index < -0.39 is 0 Å². The highest BCUT2D eigenvalue weighted by Crippen LogP contribution is 2.30. The average Bonchev–Trinajstić information content (AvgIpc) is 3.07. The second-order valence-electron chi connectivity index (χ2n) is 6.68. The number of nitrogens with one attached hydrogen (secondary N) is 1. The van der Waals surface area contributed by atoms with Crippen molar-refractivity contribution in [1.82, 2.24) is 10.2 Å². The molecule has 0 aliphatic carbocycles. The van der Waals surface area contributed by atoms with Crippen LogP contribution in [0.15, 0.2) is 30.3 Å². The number of thiophene rings is 1. The number of piperidine rings is 1. The fraction of sp³-hybridized carbons (Fsp3) is 0.450. The Hall–Kier alpha value is -2.05. The lowest BCUT2D eigenvalue weighted by molar-refractivity contribution is 0.0950. The highest BCUT2D eigenvalue weighted by atomic mass is 32.1. The van der Waals surface area contributed by atoms with Crippen LogP contribution in [0.4, 0.5) is 0 Å². The van der Waals surface area contributed by atoms with Crippen molar-refractivity contribution in [2.75, 3.05) is 27.2 Å². The summed E-state index contributed by atoms with van der Waals surface area (Å²) in [6.07, 6.45) is 2.20. The van der Waals surface area contributed by atoms with Crippen LogP contribution in [0.5, 0.6) is 11.5 Å². The molecule has 0 radical (unpaired) electrons. The van der Waals surface area contributed by atoms with Gasteiger partial charge in [0, 0.05) is 28.4 Å². The molecule has 140 valence electrons. The van der Waals surface area contributed by atoms with E-state index in [-0.39, 0.29) is 12.0 Å². The molecule has 0 saturated carbocycles. The topological polar surface area (TPSA) is 50.8 Å². The van der Waals surface area contributed by atoms with E-state index in [1.807, 2.05) is 12.1 Å². The number of benzene rings is 1. The molecule has 5 nitrogen and oxygen atoms in total. The highest BCUT2D eigenvalue weighted by Gasteiger charge is 2.20. The number of nitrogens with zero attached hydrogens (tertiary/aromatic N) is 1. The molecule has 2 heterocycles. The molecule has 3 rings (SSSR count). The second kappa shape index (κ2) is 8.56. The molecule has 6 heteroatoms. The maximum atomic E-state index is 12.4. The number of carbonyl (C=O) groups is 1. The molecule has 1 aliphatic rings. The molecule has 1 aliphatic heterocycles. The van der Waals surface area contributed by atoms with Crippen LogP contribution in [0.2, 0.25) is 0 Å². The maximum absolute atomic E-state index is 12.4. The van der Waals surface area contributed by atoms with Crippen LogP contribution in [0.25, 0.3) is 0 Å². The Bertz CT molecular complexity index is 751. The Balaban J connectivity index is 1.62. The van der Waals surface area contributed by atoms with Gasteiger partial charge in [0.15, 0.2) is 11.5 Å². The molecule has 26 heavy (non-hydrogen) atoms. The van der Waals surface area contributed by atoms with Crippen LogP contribution in [0.1, 0.15) is 33.0 Å². The normalized spacial score (nSPS) is 15.7. The second-order valence-corrected chi connectivity index (χ2v) is 8.05. The van der Waals surface area contributed by atoms with Crippen molar-refractivity contribution in [3.8, 4) is 11.5 Å². The largest absolute Gasteiger partial charge is 0.493 e. The quantitative estimate of drug-likeness (QED) is 0.841. The summed E-state index contributed by atoms with van der Waals surface area (Å²) < 4.78 is 11.6. The molecule has 1 amide bonds. The molecule has 1 saturated heterocycles. The van der Waals surface area contributed by atoms with Gasteiger partial charge in [0.25, 0.3) is 5.91 Å². The SMILES string of the molecule is COc1cc(C(=O)NCc2ccc(C)s2)ccc1OC1CCN(C)CC1. The number of amides is 1. The zero-order valence-corrected chi connectivity index (χ0v) is 16.4. The lowest BCUT2D eigenvalue weighted by Crippen LogP contribution is -2.35. The van der Waals surface area contributed by atoms with Crippen molar-refractivity contribution in [1.29, 1.82) is 0 Å². The summed E-state index contributed by atoms with van der Waals surface area (Å²) in [5.41, 5.74) is 0.575.